The number of amides is 1. The monoisotopic (exact) mass is 268 g/mol. The molecule has 0 bridgehead atoms. The second-order valence-corrected chi connectivity index (χ2v) is 4.95. The number of nitrogens with zero attached hydrogens (tertiary/aromatic N) is 1. The van der Waals surface area contributed by atoms with Gasteiger partial charge in [0.1, 0.15) is 0 Å². The van der Waals surface area contributed by atoms with Crippen LogP contribution in [0.15, 0.2) is 48.1 Å². The lowest BCUT2D eigenvalue weighted by Gasteiger charge is -2.09. The number of allylic oxidation sites excluding steroid dienone is 4. The van der Waals surface area contributed by atoms with E-state index in [9.17, 15) is 4.79 Å². The van der Waals surface area contributed by atoms with Gasteiger partial charge in [0.2, 0.25) is 6.41 Å². The Morgan fingerprint density at radius 3 is 2.85 bits per heavy atom. The van der Waals surface area contributed by atoms with E-state index in [1.165, 1.54) is 16.8 Å². The molecule has 0 fully saturated rings. The minimum Gasteiger partial charge on any atom is -0.341 e. The van der Waals surface area contributed by atoms with Crippen LogP contribution in [0.2, 0.25) is 0 Å². The van der Waals surface area contributed by atoms with Crippen LogP contribution < -0.4 is 5.32 Å². The third-order valence-electron chi connectivity index (χ3n) is 3.31. The minimum atomic E-state index is 0.703. The summed E-state index contributed by atoms with van der Waals surface area (Å²) in [5.74, 6) is 0. The molecule has 0 saturated heterocycles. The Hall–Kier alpha value is -2.29. The van der Waals surface area contributed by atoms with E-state index in [0.717, 1.165) is 17.6 Å². The molecule has 1 N–H and O–H groups in total. The molecular formula is C17H20N2O. The molecule has 0 aliphatic carbocycles. The van der Waals surface area contributed by atoms with Gasteiger partial charge in [-0.3, -0.25) is 4.79 Å². The molecule has 0 saturated carbocycles. The molecule has 0 spiro atoms. The van der Waals surface area contributed by atoms with Gasteiger partial charge >= 0.3 is 0 Å². The van der Waals surface area contributed by atoms with Gasteiger partial charge in [-0.05, 0) is 45.0 Å². The first-order valence-electron chi connectivity index (χ1n) is 6.74. The summed E-state index contributed by atoms with van der Waals surface area (Å²) in [5.41, 5.74) is 4.54. The number of carbonyl (C=O) groups excluding carboxylic acids is 1. The second kappa shape index (κ2) is 6.24. The van der Waals surface area contributed by atoms with Crippen molar-refractivity contribution in [3.05, 3.63) is 53.8 Å². The van der Waals surface area contributed by atoms with Crippen LogP contribution >= 0.6 is 0 Å². The molecule has 2 rings (SSSR count). The van der Waals surface area contributed by atoms with E-state index < -0.39 is 0 Å². The summed E-state index contributed by atoms with van der Waals surface area (Å²) in [5, 5.41) is 3.83. The Balaban J connectivity index is 2.38. The SMILES string of the molecule is C/C=C\C=C(/C)Cn1c(C)cc2cc(NC=O)ccc21. The average molecular weight is 268 g/mol. The fourth-order valence-corrected chi connectivity index (χ4v) is 2.34. The number of hydrogen-bond acceptors (Lipinski definition) is 1. The van der Waals surface area contributed by atoms with E-state index >= 15 is 0 Å². The van der Waals surface area contributed by atoms with E-state index in [1.54, 1.807) is 0 Å². The number of fused-ring (bicyclic) bond motifs is 1. The van der Waals surface area contributed by atoms with E-state index in [0.29, 0.717) is 6.41 Å². The molecule has 0 unspecified atom stereocenters. The van der Waals surface area contributed by atoms with E-state index in [2.05, 4.69) is 48.0 Å². The third kappa shape index (κ3) is 2.99. The van der Waals surface area contributed by atoms with E-state index in [-0.39, 0.29) is 0 Å². The molecule has 3 heteroatoms. The van der Waals surface area contributed by atoms with Crippen molar-refractivity contribution in [3.8, 4) is 0 Å². The second-order valence-electron chi connectivity index (χ2n) is 4.95. The van der Waals surface area contributed by atoms with Crippen LogP contribution in [0.3, 0.4) is 0 Å². The highest BCUT2D eigenvalue weighted by Crippen LogP contribution is 2.24. The van der Waals surface area contributed by atoms with E-state index in [1.807, 2.05) is 25.1 Å². The number of carbonyl (C=O) groups is 1. The van der Waals surface area contributed by atoms with Crippen molar-refractivity contribution < 1.29 is 4.79 Å². The van der Waals surface area contributed by atoms with Crippen LogP contribution in [0.1, 0.15) is 19.5 Å². The lowest BCUT2D eigenvalue weighted by atomic mass is 10.2. The maximum absolute atomic E-state index is 10.5. The van der Waals surface area contributed by atoms with E-state index in [4.69, 9.17) is 0 Å². The Morgan fingerprint density at radius 2 is 2.15 bits per heavy atom. The molecule has 1 heterocycles. The van der Waals surface area contributed by atoms with Crippen molar-refractivity contribution in [2.24, 2.45) is 0 Å². The highest BCUT2D eigenvalue weighted by Gasteiger charge is 2.06. The first-order chi connectivity index (χ1) is 9.65. The zero-order valence-corrected chi connectivity index (χ0v) is 12.2. The predicted molar refractivity (Wildman–Crippen MR) is 84.9 cm³/mol. The number of aryl methyl sites for hydroxylation is 1. The number of anilines is 1. The predicted octanol–water partition coefficient (Wildman–Crippen LogP) is 4.04. The Bertz CT molecular complexity index is 678. The van der Waals surface area contributed by atoms with Gasteiger partial charge in [-0.15, -0.1) is 0 Å². The average Bonchev–Trinajstić information content (AvgIpc) is 2.72. The molecule has 1 aromatic carbocycles. The van der Waals surface area contributed by atoms with Gasteiger partial charge in [0.25, 0.3) is 0 Å². The molecule has 3 nitrogen and oxygen atoms in total. The van der Waals surface area contributed by atoms with Crippen LogP contribution in [0, 0.1) is 6.92 Å². The summed E-state index contributed by atoms with van der Waals surface area (Å²) < 4.78 is 2.29. The standard InChI is InChI=1S/C17H20N2O/c1-4-5-6-13(2)11-19-14(3)9-15-10-16(18-12-20)7-8-17(15)19/h4-10,12H,11H2,1-3H3,(H,18,20)/b5-4-,13-6+. The fraction of sp³-hybridized carbons (Fsp3) is 0.235. The van der Waals surface area contributed by atoms with Crippen molar-refractivity contribution in [3.63, 3.8) is 0 Å². The summed E-state index contributed by atoms with van der Waals surface area (Å²) in [4.78, 5) is 10.5. The molecule has 1 amide bonds. The highest BCUT2D eigenvalue weighted by atomic mass is 16.1. The van der Waals surface area contributed by atoms with Crippen molar-refractivity contribution in [1.29, 1.82) is 0 Å². The van der Waals surface area contributed by atoms with Gasteiger partial charge < -0.3 is 9.88 Å². The van der Waals surface area contributed by atoms with Gasteiger partial charge in [-0.2, -0.15) is 0 Å². The van der Waals surface area contributed by atoms with Crippen molar-refractivity contribution in [2.45, 2.75) is 27.3 Å². The van der Waals surface area contributed by atoms with Gasteiger partial charge in [0.15, 0.2) is 0 Å². The number of rotatable bonds is 5. The summed E-state index contributed by atoms with van der Waals surface area (Å²) in [6.45, 7) is 7.13. The third-order valence-corrected chi connectivity index (χ3v) is 3.31. The number of hydrogen-bond donors (Lipinski definition) is 1. The van der Waals surface area contributed by atoms with Crippen molar-refractivity contribution >= 4 is 23.0 Å². The van der Waals surface area contributed by atoms with Crippen LogP contribution in [0.5, 0.6) is 0 Å². The smallest absolute Gasteiger partial charge is 0.211 e. The van der Waals surface area contributed by atoms with Crippen LogP contribution in [0.25, 0.3) is 10.9 Å². The molecule has 0 aliphatic heterocycles. The topological polar surface area (TPSA) is 34.0 Å². The Morgan fingerprint density at radius 1 is 1.35 bits per heavy atom. The molecule has 104 valence electrons. The Kier molecular flexibility index (Phi) is 4.41. The summed E-state index contributed by atoms with van der Waals surface area (Å²) >= 11 is 0. The number of aromatic nitrogens is 1. The first kappa shape index (κ1) is 14.1. The zero-order valence-electron chi connectivity index (χ0n) is 12.2. The van der Waals surface area contributed by atoms with Gasteiger partial charge in [-0.1, -0.05) is 23.8 Å². The summed E-state index contributed by atoms with van der Waals surface area (Å²) in [6.07, 6.45) is 6.92. The largest absolute Gasteiger partial charge is 0.341 e. The number of nitrogens with one attached hydrogen (secondary N) is 1. The molecular weight excluding hydrogens is 248 g/mol. The van der Waals surface area contributed by atoms with Gasteiger partial charge in [0, 0.05) is 28.8 Å². The van der Waals surface area contributed by atoms with Crippen LogP contribution in [-0.4, -0.2) is 11.0 Å². The van der Waals surface area contributed by atoms with Crippen LogP contribution in [-0.2, 0) is 11.3 Å². The molecule has 1 aromatic heterocycles. The lowest BCUT2D eigenvalue weighted by Crippen LogP contribution is -2.01. The molecule has 2 aromatic rings. The Labute approximate surface area is 119 Å². The zero-order chi connectivity index (χ0) is 14.5. The number of benzene rings is 1. The van der Waals surface area contributed by atoms with Gasteiger partial charge in [0.05, 0.1) is 0 Å². The van der Waals surface area contributed by atoms with Crippen molar-refractivity contribution in [2.75, 3.05) is 5.32 Å². The van der Waals surface area contributed by atoms with Gasteiger partial charge in [-0.25, -0.2) is 0 Å². The maximum atomic E-state index is 10.5. The molecule has 0 radical (unpaired) electrons. The minimum absolute atomic E-state index is 0.703. The first-order valence-corrected chi connectivity index (χ1v) is 6.74. The molecule has 0 aliphatic rings. The fourth-order valence-electron chi connectivity index (χ4n) is 2.34. The highest BCUT2D eigenvalue weighted by molar-refractivity contribution is 5.87. The normalized spacial score (nSPS) is 12.2. The quantitative estimate of drug-likeness (QED) is 0.644. The molecule has 0 atom stereocenters. The van der Waals surface area contributed by atoms with Crippen molar-refractivity contribution in [1.82, 2.24) is 4.57 Å². The summed E-state index contributed by atoms with van der Waals surface area (Å²) in [6, 6.07) is 8.13. The maximum Gasteiger partial charge on any atom is 0.211 e. The molecule has 20 heavy (non-hydrogen) atoms. The summed E-state index contributed by atoms with van der Waals surface area (Å²) in [7, 11) is 0. The lowest BCUT2D eigenvalue weighted by molar-refractivity contribution is -0.105. The van der Waals surface area contributed by atoms with Crippen LogP contribution in [0.4, 0.5) is 5.69 Å².